The molecule has 1 aromatic carbocycles. The molecule has 0 bridgehead atoms. The Balaban J connectivity index is 1.57. The summed E-state index contributed by atoms with van der Waals surface area (Å²) < 4.78 is 6.93. The molecule has 1 aliphatic heterocycles. The SMILES string of the molecule is C[C@H](NC(=O)OCc1ccccc1)C(=O)N1CC(C)(C)[C@H]1c1cnn(C)c1. The molecule has 144 valence electrons. The number of aromatic nitrogens is 2. The second-order valence-corrected chi connectivity index (χ2v) is 7.73. The van der Waals surface area contributed by atoms with Gasteiger partial charge in [0, 0.05) is 30.8 Å². The van der Waals surface area contributed by atoms with Gasteiger partial charge in [-0.1, -0.05) is 44.2 Å². The summed E-state index contributed by atoms with van der Waals surface area (Å²) in [4.78, 5) is 26.7. The fourth-order valence-electron chi connectivity index (χ4n) is 3.60. The molecular weight excluding hydrogens is 344 g/mol. The van der Waals surface area contributed by atoms with Crippen LogP contribution in [0.5, 0.6) is 0 Å². The van der Waals surface area contributed by atoms with Crippen molar-refractivity contribution < 1.29 is 14.3 Å². The van der Waals surface area contributed by atoms with Crippen LogP contribution in [0, 0.1) is 5.41 Å². The number of benzene rings is 1. The Kier molecular flexibility index (Phi) is 5.21. The molecule has 27 heavy (non-hydrogen) atoms. The molecule has 1 fully saturated rings. The van der Waals surface area contributed by atoms with Crippen molar-refractivity contribution in [3.8, 4) is 0 Å². The van der Waals surface area contributed by atoms with Gasteiger partial charge in [-0.2, -0.15) is 5.10 Å². The Labute approximate surface area is 159 Å². The third kappa shape index (κ3) is 4.13. The molecule has 2 aromatic rings. The van der Waals surface area contributed by atoms with E-state index in [4.69, 9.17) is 4.74 Å². The average molecular weight is 370 g/mol. The molecule has 2 atom stereocenters. The van der Waals surface area contributed by atoms with Gasteiger partial charge < -0.3 is 15.0 Å². The van der Waals surface area contributed by atoms with Crippen LogP contribution in [0.1, 0.15) is 37.9 Å². The second kappa shape index (κ2) is 7.42. The van der Waals surface area contributed by atoms with Gasteiger partial charge in [-0.3, -0.25) is 9.48 Å². The van der Waals surface area contributed by atoms with Crippen LogP contribution in [-0.4, -0.2) is 39.3 Å². The predicted molar refractivity (Wildman–Crippen MR) is 101 cm³/mol. The highest BCUT2D eigenvalue weighted by Gasteiger charge is 2.50. The van der Waals surface area contributed by atoms with Crippen molar-refractivity contribution in [2.75, 3.05) is 6.54 Å². The Morgan fingerprint density at radius 2 is 2.04 bits per heavy atom. The molecule has 3 rings (SSSR count). The van der Waals surface area contributed by atoms with Crippen molar-refractivity contribution in [1.29, 1.82) is 0 Å². The summed E-state index contributed by atoms with van der Waals surface area (Å²) in [7, 11) is 1.86. The minimum absolute atomic E-state index is 0.0355. The van der Waals surface area contributed by atoms with Gasteiger partial charge >= 0.3 is 6.09 Å². The molecule has 2 heterocycles. The van der Waals surface area contributed by atoms with Crippen molar-refractivity contribution in [3.05, 3.63) is 53.9 Å². The fraction of sp³-hybridized carbons (Fsp3) is 0.450. The van der Waals surface area contributed by atoms with E-state index in [0.717, 1.165) is 11.1 Å². The minimum atomic E-state index is -0.663. The van der Waals surface area contributed by atoms with Crippen molar-refractivity contribution in [2.45, 2.75) is 39.5 Å². The number of nitrogens with one attached hydrogen (secondary N) is 1. The van der Waals surface area contributed by atoms with Crippen LogP contribution >= 0.6 is 0 Å². The number of nitrogens with zero attached hydrogens (tertiary/aromatic N) is 3. The molecule has 0 aliphatic carbocycles. The zero-order chi connectivity index (χ0) is 19.6. The molecule has 1 N–H and O–H groups in total. The molecule has 0 spiro atoms. The van der Waals surface area contributed by atoms with Crippen molar-refractivity contribution in [2.24, 2.45) is 12.5 Å². The van der Waals surface area contributed by atoms with Gasteiger partial charge in [0.05, 0.1) is 12.2 Å². The number of likely N-dealkylation sites (tertiary alicyclic amines) is 1. The zero-order valence-corrected chi connectivity index (χ0v) is 16.2. The topological polar surface area (TPSA) is 76.5 Å². The first kappa shape index (κ1) is 18.9. The molecule has 7 nitrogen and oxygen atoms in total. The quantitative estimate of drug-likeness (QED) is 0.878. The van der Waals surface area contributed by atoms with Gasteiger partial charge in [0.1, 0.15) is 12.6 Å². The third-order valence-electron chi connectivity index (χ3n) is 4.87. The van der Waals surface area contributed by atoms with Crippen LogP contribution in [0.4, 0.5) is 4.79 Å². The molecular formula is C20H26N4O3. The molecule has 2 amide bonds. The number of hydrogen-bond acceptors (Lipinski definition) is 4. The van der Waals surface area contributed by atoms with Gasteiger partial charge in [0.2, 0.25) is 5.91 Å². The van der Waals surface area contributed by atoms with E-state index in [2.05, 4.69) is 24.3 Å². The number of amides is 2. The summed E-state index contributed by atoms with van der Waals surface area (Å²) in [6, 6.07) is 8.70. The average Bonchev–Trinajstić information content (AvgIpc) is 3.03. The summed E-state index contributed by atoms with van der Waals surface area (Å²) in [6.45, 7) is 6.73. The Morgan fingerprint density at radius 3 is 2.63 bits per heavy atom. The zero-order valence-electron chi connectivity index (χ0n) is 16.2. The lowest BCUT2D eigenvalue weighted by atomic mass is 9.72. The lowest BCUT2D eigenvalue weighted by Crippen LogP contribution is -2.61. The highest BCUT2D eigenvalue weighted by atomic mass is 16.5. The van der Waals surface area contributed by atoms with E-state index in [-0.39, 0.29) is 24.0 Å². The Bertz CT molecular complexity index is 816. The summed E-state index contributed by atoms with van der Waals surface area (Å²) in [5, 5.41) is 6.84. The van der Waals surface area contributed by atoms with Crippen molar-refractivity contribution in [3.63, 3.8) is 0 Å². The Hall–Kier alpha value is -2.83. The highest BCUT2D eigenvalue weighted by Crippen LogP contribution is 2.48. The van der Waals surface area contributed by atoms with Gasteiger partial charge in [0.25, 0.3) is 0 Å². The lowest BCUT2D eigenvalue weighted by molar-refractivity contribution is -0.154. The summed E-state index contributed by atoms with van der Waals surface area (Å²) in [6.07, 6.45) is 3.12. The van der Waals surface area contributed by atoms with Crippen molar-refractivity contribution in [1.82, 2.24) is 20.0 Å². The highest BCUT2D eigenvalue weighted by molar-refractivity contribution is 5.86. The summed E-state index contributed by atoms with van der Waals surface area (Å²) >= 11 is 0. The number of alkyl carbamates (subject to hydrolysis) is 1. The van der Waals surface area contributed by atoms with Gasteiger partial charge in [-0.05, 0) is 12.5 Å². The number of ether oxygens (including phenoxy) is 1. The maximum Gasteiger partial charge on any atom is 0.408 e. The normalized spacial score (nSPS) is 19.1. The minimum Gasteiger partial charge on any atom is -0.445 e. The van der Waals surface area contributed by atoms with E-state index in [9.17, 15) is 9.59 Å². The first-order chi connectivity index (χ1) is 12.8. The lowest BCUT2D eigenvalue weighted by Gasteiger charge is -2.54. The second-order valence-electron chi connectivity index (χ2n) is 7.73. The third-order valence-corrected chi connectivity index (χ3v) is 4.87. The van der Waals surface area contributed by atoms with Crippen LogP contribution in [0.15, 0.2) is 42.7 Å². The van der Waals surface area contributed by atoms with Crippen LogP contribution < -0.4 is 5.32 Å². The number of rotatable bonds is 5. The van der Waals surface area contributed by atoms with E-state index < -0.39 is 12.1 Å². The number of aryl methyl sites for hydroxylation is 1. The predicted octanol–water partition coefficient (Wildman–Crippen LogP) is 2.64. The number of carbonyl (C=O) groups excluding carboxylic acids is 2. The molecule has 0 unspecified atom stereocenters. The first-order valence-corrected chi connectivity index (χ1v) is 9.04. The monoisotopic (exact) mass is 370 g/mol. The maximum atomic E-state index is 12.8. The smallest absolute Gasteiger partial charge is 0.408 e. The standard InChI is InChI=1S/C20H26N4O3/c1-14(22-19(26)27-12-15-8-6-5-7-9-15)18(25)24-13-20(2,3)17(24)16-10-21-23(4)11-16/h5-11,14,17H,12-13H2,1-4H3,(H,22,26)/t14-,17+/m0/s1. The fourth-order valence-corrected chi connectivity index (χ4v) is 3.60. The molecule has 7 heteroatoms. The molecule has 1 aliphatic rings. The number of hydrogen-bond donors (Lipinski definition) is 1. The van der Waals surface area contributed by atoms with E-state index in [1.165, 1.54) is 0 Å². The van der Waals surface area contributed by atoms with Gasteiger partial charge in [0.15, 0.2) is 0 Å². The molecule has 1 aromatic heterocycles. The van der Waals surface area contributed by atoms with Gasteiger partial charge in [-0.25, -0.2) is 4.79 Å². The molecule has 1 saturated heterocycles. The maximum absolute atomic E-state index is 12.8. The van der Waals surface area contributed by atoms with E-state index in [1.807, 2.05) is 43.6 Å². The van der Waals surface area contributed by atoms with E-state index in [0.29, 0.717) is 6.54 Å². The van der Waals surface area contributed by atoms with Crippen molar-refractivity contribution >= 4 is 12.0 Å². The summed E-state index contributed by atoms with van der Waals surface area (Å²) in [5.41, 5.74) is 1.86. The first-order valence-electron chi connectivity index (χ1n) is 9.04. The number of carbonyl (C=O) groups is 2. The van der Waals surface area contributed by atoms with Crippen LogP contribution in [0.25, 0.3) is 0 Å². The summed E-state index contributed by atoms with van der Waals surface area (Å²) in [5.74, 6) is -0.125. The molecule has 0 saturated carbocycles. The van der Waals surface area contributed by atoms with Gasteiger partial charge in [-0.15, -0.1) is 0 Å². The molecule has 0 radical (unpaired) electrons. The van der Waals surface area contributed by atoms with E-state index >= 15 is 0 Å². The van der Waals surface area contributed by atoms with Crippen LogP contribution in [0.3, 0.4) is 0 Å². The van der Waals surface area contributed by atoms with Crippen LogP contribution in [0.2, 0.25) is 0 Å². The van der Waals surface area contributed by atoms with E-state index in [1.54, 1.807) is 22.7 Å². The largest absolute Gasteiger partial charge is 0.445 e. The Morgan fingerprint density at radius 1 is 1.33 bits per heavy atom. The van der Waals surface area contributed by atoms with Crippen LogP contribution in [-0.2, 0) is 23.2 Å².